The highest BCUT2D eigenvalue weighted by Gasteiger charge is 2.21. The Morgan fingerprint density at radius 3 is 2.23 bits per heavy atom. The topological polar surface area (TPSA) is 84.0 Å². The van der Waals surface area contributed by atoms with Crippen LogP contribution >= 0.6 is 0 Å². The van der Waals surface area contributed by atoms with Crippen molar-refractivity contribution in [2.45, 2.75) is 47.1 Å². The number of carbonyl (C=O) groups excluding carboxylic acids is 2. The zero-order chi connectivity index (χ0) is 23.0. The Kier molecular flexibility index (Phi) is 9.06. The molecule has 0 unspecified atom stereocenters. The van der Waals surface area contributed by atoms with Crippen LogP contribution < -0.4 is 20.7 Å². The van der Waals surface area contributed by atoms with Gasteiger partial charge in [-0.25, -0.2) is 0 Å². The van der Waals surface area contributed by atoms with E-state index in [9.17, 15) is 9.59 Å². The van der Waals surface area contributed by atoms with Gasteiger partial charge in [-0.1, -0.05) is 52.0 Å². The Bertz CT molecular complexity index is 876. The van der Waals surface area contributed by atoms with Crippen molar-refractivity contribution in [3.05, 3.63) is 53.6 Å². The molecule has 0 aromatic heterocycles. The van der Waals surface area contributed by atoms with Crippen molar-refractivity contribution in [3.8, 4) is 5.75 Å². The smallest absolute Gasteiger partial charge is 0.279 e. The van der Waals surface area contributed by atoms with Gasteiger partial charge in [-0.2, -0.15) is 0 Å². The molecule has 0 aliphatic heterocycles. The molecule has 168 valence electrons. The minimum atomic E-state index is -0.171. The molecule has 0 fully saturated rings. The van der Waals surface area contributed by atoms with Crippen molar-refractivity contribution in [1.82, 2.24) is 0 Å². The van der Waals surface area contributed by atoms with Crippen LogP contribution in [0.2, 0.25) is 0 Å². The first kappa shape index (κ1) is 24.4. The average molecular weight is 427 g/mol. The Balaban J connectivity index is 2.04. The first-order chi connectivity index (χ1) is 14.7. The summed E-state index contributed by atoms with van der Waals surface area (Å²) >= 11 is 0. The summed E-state index contributed by atoms with van der Waals surface area (Å²) in [5.41, 5.74) is 3.70. The molecule has 6 nitrogen and oxygen atoms in total. The maximum atomic E-state index is 12.7. The van der Waals surface area contributed by atoms with E-state index in [0.29, 0.717) is 29.0 Å². The monoisotopic (exact) mass is 426 g/mol. The first-order valence-electron chi connectivity index (χ1n) is 10.9. The fourth-order valence-electron chi connectivity index (χ4n) is 3.66. The predicted molar refractivity (Wildman–Crippen MR) is 125 cm³/mol. The SMILES string of the molecule is COc1ccc(NC(C)=O)cc1NC(=O)C[NH2+][C@H](c1ccc(CC(C)C)cc1)C(C)C. The Labute approximate surface area is 185 Å². The molecule has 6 heteroatoms. The molecular weight excluding hydrogens is 390 g/mol. The van der Waals surface area contributed by atoms with Gasteiger partial charge < -0.3 is 20.7 Å². The molecule has 2 rings (SSSR count). The van der Waals surface area contributed by atoms with Crippen molar-refractivity contribution in [1.29, 1.82) is 0 Å². The van der Waals surface area contributed by atoms with Gasteiger partial charge in [0.2, 0.25) is 5.91 Å². The zero-order valence-electron chi connectivity index (χ0n) is 19.5. The van der Waals surface area contributed by atoms with Crippen LogP contribution in [0.15, 0.2) is 42.5 Å². The molecule has 0 aliphatic carbocycles. The second-order valence-electron chi connectivity index (χ2n) is 8.69. The summed E-state index contributed by atoms with van der Waals surface area (Å²) in [7, 11) is 1.55. The highest BCUT2D eigenvalue weighted by atomic mass is 16.5. The molecule has 0 saturated carbocycles. The van der Waals surface area contributed by atoms with Gasteiger partial charge in [0.1, 0.15) is 11.8 Å². The van der Waals surface area contributed by atoms with Crippen LogP contribution in [0.5, 0.6) is 5.75 Å². The summed E-state index contributed by atoms with van der Waals surface area (Å²) in [6.45, 7) is 10.5. The van der Waals surface area contributed by atoms with E-state index in [1.807, 2.05) is 0 Å². The van der Waals surface area contributed by atoms with Crippen LogP contribution in [-0.2, 0) is 16.0 Å². The van der Waals surface area contributed by atoms with Gasteiger partial charge in [-0.3, -0.25) is 9.59 Å². The number of methoxy groups -OCH3 is 1. The van der Waals surface area contributed by atoms with E-state index < -0.39 is 0 Å². The van der Waals surface area contributed by atoms with Crippen molar-refractivity contribution < 1.29 is 19.6 Å². The number of amides is 2. The van der Waals surface area contributed by atoms with E-state index in [2.05, 4.69) is 67.9 Å². The lowest BCUT2D eigenvalue weighted by atomic mass is 9.93. The van der Waals surface area contributed by atoms with Gasteiger partial charge in [-0.05, 0) is 36.1 Å². The Morgan fingerprint density at radius 1 is 1.00 bits per heavy atom. The molecule has 0 bridgehead atoms. The third-order valence-electron chi connectivity index (χ3n) is 5.08. The van der Waals surface area contributed by atoms with Crippen molar-refractivity contribution in [3.63, 3.8) is 0 Å². The van der Waals surface area contributed by atoms with E-state index >= 15 is 0 Å². The zero-order valence-corrected chi connectivity index (χ0v) is 19.5. The lowest BCUT2D eigenvalue weighted by Gasteiger charge is -2.20. The minimum Gasteiger partial charge on any atom is -0.495 e. The lowest BCUT2D eigenvalue weighted by Crippen LogP contribution is -2.88. The summed E-state index contributed by atoms with van der Waals surface area (Å²) in [6, 6.07) is 14.1. The molecule has 0 radical (unpaired) electrons. The Hall–Kier alpha value is -2.86. The van der Waals surface area contributed by atoms with Gasteiger partial charge in [0.25, 0.3) is 5.91 Å². The second kappa shape index (κ2) is 11.5. The van der Waals surface area contributed by atoms with E-state index in [0.717, 1.165) is 6.42 Å². The van der Waals surface area contributed by atoms with Crippen molar-refractivity contribution in [2.75, 3.05) is 24.3 Å². The molecule has 4 N–H and O–H groups in total. The molecular formula is C25H36N3O3+. The molecule has 0 heterocycles. The second-order valence-corrected chi connectivity index (χ2v) is 8.69. The van der Waals surface area contributed by atoms with Crippen molar-refractivity contribution in [2.24, 2.45) is 11.8 Å². The van der Waals surface area contributed by atoms with Crippen LogP contribution in [0, 0.1) is 11.8 Å². The van der Waals surface area contributed by atoms with Crippen LogP contribution in [0.3, 0.4) is 0 Å². The normalized spacial score (nSPS) is 12.0. The number of hydrogen-bond acceptors (Lipinski definition) is 3. The van der Waals surface area contributed by atoms with E-state index in [-0.39, 0.29) is 24.4 Å². The van der Waals surface area contributed by atoms with E-state index in [4.69, 9.17) is 4.74 Å². The van der Waals surface area contributed by atoms with Gasteiger partial charge in [0.05, 0.1) is 12.8 Å². The van der Waals surface area contributed by atoms with Crippen molar-refractivity contribution >= 4 is 23.2 Å². The molecule has 2 aromatic rings. The average Bonchev–Trinajstić information content (AvgIpc) is 2.68. The number of anilines is 2. The van der Waals surface area contributed by atoms with Gasteiger partial charge in [-0.15, -0.1) is 0 Å². The van der Waals surface area contributed by atoms with Crippen LogP contribution in [0.4, 0.5) is 11.4 Å². The van der Waals surface area contributed by atoms with Crippen LogP contribution in [-0.4, -0.2) is 25.5 Å². The molecule has 31 heavy (non-hydrogen) atoms. The standard InChI is InChI=1S/C25H35N3O3/c1-16(2)13-19-7-9-20(10-8-19)25(17(3)4)26-15-24(30)28-22-14-21(27-18(5)29)11-12-23(22)31-6/h7-12,14,16-17,25-26H,13,15H2,1-6H3,(H,27,29)(H,28,30)/p+1/t25-/m0/s1. The summed E-state index contributed by atoms with van der Waals surface area (Å²) in [6.07, 6.45) is 1.07. The number of rotatable bonds is 10. The number of hydrogen-bond donors (Lipinski definition) is 3. The summed E-state index contributed by atoms with van der Waals surface area (Å²) < 4.78 is 5.34. The van der Waals surface area contributed by atoms with Gasteiger partial charge in [0.15, 0.2) is 6.54 Å². The molecule has 0 saturated heterocycles. The third kappa shape index (κ3) is 7.72. The summed E-state index contributed by atoms with van der Waals surface area (Å²) in [4.78, 5) is 24.0. The van der Waals surface area contributed by atoms with Gasteiger partial charge in [0, 0.05) is 24.1 Å². The van der Waals surface area contributed by atoms with Gasteiger partial charge >= 0.3 is 0 Å². The number of nitrogens with one attached hydrogen (secondary N) is 2. The quantitative estimate of drug-likeness (QED) is 0.541. The highest BCUT2D eigenvalue weighted by molar-refractivity contribution is 5.95. The molecule has 0 aliphatic rings. The summed E-state index contributed by atoms with van der Waals surface area (Å²) in [5.74, 6) is 1.25. The number of ether oxygens (including phenoxy) is 1. The number of nitrogens with two attached hydrogens (primary N) is 1. The number of benzene rings is 2. The van der Waals surface area contributed by atoms with Crippen LogP contribution in [0.1, 0.15) is 51.8 Å². The minimum absolute atomic E-state index is 0.125. The van der Waals surface area contributed by atoms with Crippen LogP contribution in [0.25, 0.3) is 0 Å². The molecule has 0 spiro atoms. The molecule has 2 aromatic carbocycles. The number of carbonyl (C=O) groups is 2. The highest BCUT2D eigenvalue weighted by Crippen LogP contribution is 2.27. The van der Waals surface area contributed by atoms with E-state index in [1.54, 1.807) is 25.3 Å². The number of quaternary nitrogens is 1. The third-order valence-corrected chi connectivity index (χ3v) is 5.08. The summed E-state index contributed by atoms with van der Waals surface area (Å²) in [5, 5.41) is 7.70. The Morgan fingerprint density at radius 2 is 1.68 bits per heavy atom. The van der Waals surface area contributed by atoms with E-state index in [1.165, 1.54) is 18.1 Å². The maximum Gasteiger partial charge on any atom is 0.279 e. The fraction of sp³-hybridized carbons (Fsp3) is 0.440. The molecule has 2 amide bonds. The largest absolute Gasteiger partial charge is 0.495 e. The lowest BCUT2D eigenvalue weighted by molar-refractivity contribution is -0.692. The predicted octanol–water partition coefficient (Wildman–Crippen LogP) is 3.75. The maximum absolute atomic E-state index is 12.7. The first-order valence-corrected chi connectivity index (χ1v) is 10.9. The molecule has 1 atom stereocenters. The fourth-order valence-corrected chi connectivity index (χ4v) is 3.66.